The van der Waals surface area contributed by atoms with Crippen LogP contribution in [0.5, 0.6) is 0 Å². The van der Waals surface area contributed by atoms with Crippen LogP contribution in [0.1, 0.15) is 42.4 Å². The van der Waals surface area contributed by atoms with E-state index in [9.17, 15) is 14.4 Å². The average molecular weight is 684 g/mol. The number of hydrogen-bond acceptors (Lipinski definition) is 8. The number of carbonyl (C=O) groups excluding carboxylic acids is 3. The van der Waals surface area contributed by atoms with Gasteiger partial charge in [0.25, 0.3) is 5.91 Å². The van der Waals surface area contributed by atoms with Crippen molar-refractivity contribution in [3.8, 4) is 0 Å². The summed E-state index contributed by atoms with van der Waals surface area (Å²) in [5.41, 5.74) is 10.3. The van der Waals surface area contributed by atoms with Crippen molar-refractivity contribution in [3.63, 3.8) is 0 Å². The number of nitrogens with zero attached hydrogens (tertiary/aromatic N) is 5. The molecule has 5 fully saturated rings. The third kappa shape index (κ3) is 6.93. The molecule has 47 heavy (non-hydrogen) atoms. The van der Waals surface area contributed by atoms with Gasteiger partial charge in [0.05, 0.1) is 16.4 Å². The summed E-state index contributed by atoms with van der Waals surface area (Å²) in [5, 5.41) is 7.54. The van der Waals surface area contributed by atoms with Crippen molar-refractivity contribution in [1.82, 2.24) is 24.5 Å². The zero-order chi connectivity index (χ0) is 32.7. The number of nitrogens with two attached hydrogens (primary N) is 1. The number of amides is 4. The molecule has 6 aliphatic rings. The van der Waals surface area contributed by atoms with E-state index in [0.29, 0.717) is 62.3 Å². The first kappa shape index (κ1) is 32.5. The number of carbonyl (C=O) groups is 3. The molecule has 11 nitrogen and oxygen atoms in total. The summed E-state index contributed by atoms with van der Waals surface area (Å²) in [5.74, 6) is 0.585. The van der Waals surface area contributed by atoms with E-state index in [-0.39, 0.29) is 24.4 Å². The van der Waals surface area contributed by atoms with Gasteiger partial charge in [-0.3, -0.25) is 9.69 Å². The average Bonchev–Trinajstić information content (AvgIpc) is 3.47. The summed E-state index contributed by atoms with van der Waals surface area (Å²) in [6, 6.07) is 4.20. The maximum absolute atomic E-state index is 14.1. The van der Waals surface area contributed by atoms with Gasteiger partial charge in [0.15, 0.2) is 6.10 Å². The molecule has 4 amide bonds. The predicted octanol–water partition coefficient (Wildman–Crippen LogP) is 4.13. The number of ether oxygens (including phenoxy) is 1. The van der Waals surface area contributed by atoms with Gasteiger partial charge in [0, 0.05) is 76.2 Å². The third-order valence-electron chi connectivity index (χ3n) is 11.1. The number of urea groups is 1. The smallest absolute Gasteiger partial charge is 0.410 e. The van der Waals surface area contributed by atoms with Gasteiger partial charge < -0.3 is 35.4 Å². The number of likely N-dealkylation sites (tertiary alicyclic amines) is 1. The highest BCUT2D eigenvalue weighted by molar-refractivity contribution is 7.08. The van der Waals surface area contributed by atoms with Crippen LogP contribution in [0.2, 0.25) is 5.02 Å². The number of nitrogens with one attached hydrogen (secondary N) is 1. The largest absolute Gasteiger partial charge is 0.436 e. The van der Waals surface area contributed by atoms with Crippen molar-refractivity contribution in [3.05, 3.63) is 44.6 Å². The van der Waals surface area contributed by atoms with Crippen LogP contribution < -0.4 is 11.1 Å². The molecule has 2 aromatic rings. The quantitative estimate of drug-likeness (QED) is 0.440. The zero-order valence-electron chi connectivity index (χ0n) is 27.2. The molecule has 1 aromatic heterocycles. The first-order chi connectivity index (χ1) is 22.7. The second-order valence-corrected chi connectivity index (χ2v) is 15.0. The van der Waals surface area contributed by atoms with Crippen LogP contribution in [0.3, 0.4) is 0 Å². The maximum atomic E-state index is 14.1. The van der Waals surface area contributed by atoms with E-state index in [1.54, 1.807) is 22.3 Å². The van der Waals surface area contributed by atoms with E-state index in [1.165, 1.54) is 31.5 Å². The lowest BCUT2D eigenvalue weighted by Gasteiger charge is -2.51. The number of aryl methyl sites for hydroxylation is 1. The van der Waals surface area contributed by atoms with Gasteiger partial charge in [-0.05, 0) is 86.2 Å². The Morgan fingerprint density at radius 2 is 1.74 bits per heavy atom. The highest BCUT2D eigenvalue weighted by Gasteiger charge is 2.40. The van der Waals surface area contributed by atoms with E-state index in [2.05, 4.69) is 20.5 Å². The van der Waals surface area contributed by atoms with Crippen molar-refractivity contribution in [1.29, 1.82) is 0 Å². The van der Waals surface area contributed by atoms with E-state index in [1.807, 2.05) is 28.2 Å². The maximum Gasteiger partial charge on any atom is 0.410 e. The van der Waals surface area contributed by atoms with Crippen LogP contribution in [-0.2, 0) is 22.4 Å². The normalized spacial score (nSPS) is 26.0. The number of rotatable bonds is 6. The van der Waals surface area contributed by atoms with Gasteiger partial charge in [0.2, 0.25) is 0 Å². The molecule has 0 spiro atoms. The van der Waals surface area contributed by atoms with Crippen molar-refractivity contribution < 1.29 is 19.1 Å². The topological polar surface area (TPSA) is 115 Å². The molecule has 254 valence electrons. The molecular formula is C34H46ClN7O4S. The number of piperazine rings is 1. The number of piperidine rings is 4. The molecule has 1 unspecified atom stereocenters. The number of benzene rings is 1. The Labute approximate surface area is 285 Å². The fourth-order valence-corrected chi connectivity index (χ4v) is 9.34. The van der Waals surface area contributed by atoms with Crippen molar-refractivity contribution in [2.45, 2.75) is 63.6 Å². The highest BCUT2D eigenvalue weighted by atomic mass is 35.5. The molecule has 5 saturated heterocycles. The van der Waals surface area contributed by atoms with Crippen LogP contribution in [-0.4, -0.2) is 126 Å². The minimum atomic E-state index is -0.974. The number of anilines is 2. The van der Waals surface area contributed by atoms with Crippen LogP contribution in [0.4, 0.5) is 21.0 Å². The predicted molar refractivity (Wildman–Crippen MR) is 184 cm³/mol. The molecule has 0 aliphatic carbocycles. The Hall–Kier alpha value is -3.06. The molecule has 2 atom stereocenters. The molecule has 1 aromatic carbocycles. The molecule has 0 radical (unpaired) electrons. The molecule has 6 aliphatic heterocycles. The Balaban J connectivity index is 0.986. The lowest BCUT2D eigenvalue weighted by Crippen LogP contribution is -2.62. The summed E-state index contributed by atoms with van der Waals surface area (Å²) < 4.78 is 6.07. The molecule has 2 bridgehead atoms. The third-order valence-corrected chi connectivity index (χ3v) is 12.2. The number of fused-ring (bicyclic) bond motifs is 4. The van der Waals surface area contributed by atoms with Gasteiger partial charge in [-0.25, -0.2) is 9.59 Å². The van der Waals surface area contributed by atoms with Crippen LogP contribution in [0, 0.1) is 12.8 Å². The number of nitrogen functional groups attached to an aromatic ring is 1. The lowest BCUT2D eigenvalue weighted by molar-refractivity contribution is -0.143. The van der Waals surface area contributed by atoms with E-state index in [0.717, 1.165) is 48.8 Å². The highest BCUT2D eigenvalue weighted by Crippen LogP contribution is 2.32. The second-order valence-electron chi connectivity index (χ2n) is 13.9. The molecule has 3 N–H and O–H groups in total. The standard InChI is InChI=1S/C34H46ClN7O4S/c1-22-16-23(17-27(35)31(22)36)18-30(32(43)40-14-12-39(13-15-40)29-19-38-7-2-24(29)3-8-38)46-34(45)41-9-5-26(6-10-41)42-11-4-25-20-47-21-28(25)37-33(42)44/h16-17,20-21,24,26,29-30H,2-15,18-19,36H2,1H3,(H,37,44)/t29?,30-/m1/s1. The van der Waals surface area contributed by atoms with Crippen LogP contribution in [0.25, 0.3) is 0 Å². The van der Waals surface area contributed by atoms with Crippen molar-refractivity contribution in [2.24, 2.45) is 5.92 Å². The second kappa shape index (κ2) is 13.8. The number of thiophene rings is 1. The molecule has 13 heteroatoms. The van der Waals surface area contributed by atoms with Gasteiger partial charge in [-0.2, -0.15) is 0 Å². The van der Waals surface area contributed by atoms with Crippen LogP contribution in [0.15, 0.2) is 22.9 Å². The Morgan fingerprint density at radius 3 is 2.43 bits per heavy atom. The van der Waals surface area contributed by atoms with E-state index >= 15 is 0 Å². The van der Waals surface area contributed by atoms with E-state index in [4.69, 9.17) is 22.1 Å². The fourth-order valence-electron chi connectivity index (χ4n) is 8.22. The minimum Gasteiger partial charge on any atom is -0.436 e. The van der Waals surface area contributed by atoms with Gasteiger partial charge in [0.1, 0.15) is 0 Å². The van der Waals surface area contributed by atoms with Crippen LogP contribution >= 0.6 is 22.9 Å². The number of hydrogen-bond donors (Lipinski definition) is 2. The lowest BCUT2D eigenvalue weighted by atomic mass is 9.83. The fraction of sp³-hybridized carbons (Fsp3) is 0.618. The monoisotopic (exact) mass is 683 g/mol. The van der Waals surface area contributed by atoms with Gasteiger partial charge in [-0.15, -0.1) is 11.3 Å². The summed E-state index contributed by atoms with van der Waals surface area (Å²) in [7, 11) is 0. The van der Waals surface area contributed by atoms with Gasteiger partial charge in [-0.1, -0.05) is 17.7 Å². The Kier molecular flexibility index (Phi) is 9.55. The van der Waals surface area contributed by atoms with E-state index < -0.39 is 12.2 Å². The molecular weight excluding hydrogens is 638 g/mol. The first-order valence-corrected chi connectivity index (χ1v) is 18.4. The van der Waals surface area contributed by atoms with Gasteiger partial charge >= 0.3 is 12.1 Å². The first-order valence-electron chi connectivity index (χ1n) is 17.1. The summed E-state index contributed by atoms with van der Waals surface area (Å²) in [6.07, 6.45) is 3.41. The zero-order valence-corrected chi connectivity index (χ0v) is 28.7. The minimum absolute atomic E-state index is 0.0385. The summed E-state index contributed by atoms with van der Waals surface area (Å²) in [4.78, 5) is 51.2. The molecule has 8 rings (SSSR count). The van der Waals surface area contributed by atoms with Crippen molar-refractivity contribution in [2.75, 3.05) is 76.5 Å². The molecule has 0 saturated carbocycles. The Morgan fingerprint density at radius 1 is 1.00 bits per heavy atom. The summed E-state index contributed by atoms with van der Waals surface area (Å²) in [6.45, 7) is 9.91. The summed E-state index contributed by atoms with van der Waals surface area (Å²) >= 11 is 8.01. The van der Waals surface area contributed by atoms with Crippen molar-refractivity contribution >= 4 is 52.3 Å². The Bertz CT molecular complexity index is 1460. The molecule has 7 heterocycles. The number of halogens is 1. The SMILES string of the molecule is Cc1cc(C[C@@H](OC(=O)N2CCC(N3CCc4cscc4NC3=O)CC2)C(=O)N2CCN(C3CN4CCC3CC4)CC2)cc(Cl)c1N.